The van der Waals surface area contributed by atoms with Crippen molar-refractivity contribution in [3.05, 3.63) is 46.6 Å². The second-order valence-corrected chi connectivity index (χ2v) is 12.2. The summed E-state index contributed by atoms with van der Waals surface area (Å²) in [6, 6.07) is 7.70. The molecule has 2 N–H and O–H groups in total. The van der Waals surface area contributed by atoms with Crippen LogP contribution in [-0.2, 0) is 21.4 Å². The molecular formula is C29H33ClN4O4. The molecule has 3 aliphatic heterocycles. The van der Waals surface area contributed by atoms with Gasteiger partial charge in [-0.2, -0.15) is 0 Å². The third-order valence-corrected chi connectivity index (χ3v) is 9.70. The van der Waals surface area contributed by atoms with Gasteiger partial charge < -0.3 is 15.2 Å². The molecule has 8 nitrogen and oxygen atoms in total. The Morgan fingerprint density at radius 3 is 2.68 bits per heavy atom. The molecule has 0 unspecified atom stereocenters. The van der Waals surface area contributed by atoms with E-state index in [1.165, 1.54) is 0 Å². The van der Waals surface area contributed by atoms with Crippen molar-refractivity contribution in [2.75, 3.05) is 36.5 Å². The van der Waals surface area contributed by atoms with E-state index in [4.69, 9.17) is 16.3 Å². The van der Waals surface area contributed by atoms with Crippen LogP contribution >= 0.6 is 11.6 Å². The van der Waals surface area contributed by atoms with E-state index in [9.17, 15) is 14.7 Å². The highest BCUT2D eigenvalue weighted by Crippen LogP contribution is 2.52. The number of aryl methyl sites for hydroxylation is 1. The molecule has 1 saturated heterocycles. The van der Waals surface area contributed by atoms with E-state index >= 15 is 0 Å². The number of nitrogens with one attached hydrogen (secondary N) is 1. The number of nitrogens with zero attached hydrogens (tertiary/aromatic N) is 3. The number of rotatable bonds is 6. The van der Waals surface area contributed by atoms with Gasteiger partial charge in [0.15, 0.2) is 0 Å². The Morgan fingerprint density at radius 2 is 1.92 bits per heavy atom. The molecule has 7 rings (SSSR count). The maximum absolute atomic E-state index is 12.9. The first-order valence-corrected chi connectivity index (χ1v) is 14.2. The van der Waals surface area contributed by atoms with Gasteiger partial charge in [0.2, 0.25) is 11.8 Å². The summed E-state index contributed by atoms with van der Waals surface area (Å²) in [7, 11) is 0. The maximum atomic E-state index is 12.9. The molecule has 1 aromatic heterocycles. The molecule has 2 aliphatic carbocycles. The summed E-state index contributed by atoms with van der Waals surface area (Å²) in [5.41, 5.74) is 1.87. The standard InChI is InChI=1S/C29H33ClN4O4/c30-20-4-5-24-23(14-20)28(27(36)32-24)7-9-33(10-8-28)11-12-38-22-13-18-1-6-25(35)34(26(18)31-17-22)21-15-29(37,16-21)19-2-3-19/h4-5,13-14,17,19,21,37H,1-3,6-12,15-16H2,(H,32,36)/t21-,29-. The summed E-state index contributed by atoms with van der Waals surface area (Å²) in [6.45, 7) is 2.93. The van der Waals surface area contributed by atoms with Crippen LogP contribution in [0.15, 0.2) is 30.5 Å². The average molecular weight is 537 g/mol. The fraction of sp³-hybridized carbons (Fsp3) is 0.552. The third kappa shape index (κ3) is 4.00. The fourth-order valence-electron chi connectivity index (χ4n) is 7.04. The molecule has 3 fully saturated rings. The van der Waals surface area contributed by atoms with Crippen LogP contribution in [0.1, 0.15) is 56.1 Å². The summed E-state index contributed by atoms with van der Waals surface area (Å²) >= 11 is 6.24. The number of likely N-dealkylation sites (tertiary alicyclic amines) is 1. The third-order valence-electron chi connectivity index (χ3n) is 9.47. The van der Waals surface area contributed by atoms with Gasteiger partial charge in [-0.1, -0.05) is 11.6 Å². The number of ether oxygens (including phenoxy) is 1. The van der Waals surface area contributed by atoms with Gasteiger partial charge in [0.1, 0.15) is 18.2 Å². The zero-order chi connectivity index (χ0) is 26.1. The van der Waals surface area contributed by atoms with Crippen LogP contribution in [0.3, 0.4) is 0 Å². The summed E-state index contributed by atoms with van der Waals surface area (Å²) in [4.78, 5) is 34.4. The number of anilines is 2. The van der Waals surface area contributed by atoms with Gasteiger partial charge in [0.05, 0.1) is 17.2 Å². The molecular weight excluding hydrogens is 504 g/mol. The first-order valence-electron chi connectivity index (χ1n) is 13.8. The van der Waals surface area contributed by atoms with Gasteiger partial charge in [0.25, 0.3) is 0 Å². The second-order valence-electron chi connectivity index (χ2n) is 11.8. The van der Waals surface area contributed by atoms with E-state index in [0.29, 0.717) is 49.0 Å². The molecule has 1 aromatic carbocycles. The highest BCUT2D eigenvalue weighted by atomic mass is 35.5. The molecule has 2 amide bonds. The number of pyridine rings is 1. The van der Waals surface area contributed by atoms with Gasteiger partial charge in [-0.05, 0) is 99.3 Å². The molecule has 1 spiro atoms. The van der Waals surface area contributed by atoms with Crippen LogP contribution in [0.5, 0.6) is 5.75 Å². The van der Waals surface area contributed by atoms with E-state index in [1.54, 1.807) is 6.20 Å². The van der Waals surface area contributed by atoms with E-state index in [0.717, 1.165) is 67.9 Å². The molecule has 4 heterocycles. The molecule has 200 valence electrons. The van der Waals surface area contributed by atoms with E-state index in [2.05, 4.69) is 15.2 Å². The Balaban J connectivity index is 0.949. The molecule has 0 radical (unpaired) electrons. The predicted octanol–water partition coefficient (Wildman–Crippen LogP) is 3.68. The van der Waals surface area contributed by atoms with Crippen LogP contribution in [0, 0.1) is 5.92 Å². The highest BCUT2D eigenvalue weighted by Gasteiger charge is 2.55. The lowest BCUT2D eigenvalue weighted by Crippen LogP contribution is -2.59. The number of halogens is 1. The lowest BCUT2D eigenvalue weighted by Gasteiger charge is -2.49. The first-order chi connectivity index (χ1) is 18.3. The minimum atomic E-state index is -0.586. The van der Waals surface area contributed by atoms with Gasteiger partial charge in [-0.15, -0.1) is 0 Å². The van der Waals surface area contributed by atoms with Crippen LogP contribution in [0.4, 0.5) is 11.5 Å². The number of hydrogen-bond donors (Lipinski definition) is 2. The Hall–Kier alpha value is -2.68. The number of aromatic nitrogens is 1. The predicted molar refractivity (Wildman–Crippen MR) is 144 cm³/mol. The van der Waals surface area contributed by atoms with Gasteiger partial charge in [-0.3, -0.25) is 19.4 Å². The largest absolute Gasteiger partial charge is 0.491 e. The number of benzene rings is 1. The van der Waals surface area contributed by atoms with Crippen molar-refractivity contribution in [2.24, 2.45) is 5.92 Å². The molecule has 9 heteroatoms. The van der Waals surface area contributed by atoms with Crippen LogP contribution in [0.2, 0.25) is 5.02 Å². The Bertz CT molecular complexity index is 1300. The molecule has 0 atom stereocenters. The van der Waals surface area contributed by atoms with E-state index in [-0.39, 0.29) is 17.9 Å². The number of amides is 2. The zero-order valence-electron chi connectivity index (χ0n) is 21.4. The highest BCUT2D eigenvalue weighted by molar-refractivity contribution is 6.31. The van der Waals surface area contributed by atoms with Crippen molar-refractivity contribution in [2.45, 2.75) is 68.4 Å². The van der Waals surface area contributed by atoms with E-state index in [1.807, 2.05) is 29.2 Å². The lowest BCUT2D eigenvalue weighted by molar-refractivity contribution is -0.123. The minimum absolute atomic E-state index is 0.0405. The molecule has 38 heavy (non-hydrogen) atoms. The van der Waals surface area contributed by atoms with Crippen LogP contribution in [0.25, 0.3) is 0 Å². The maximum Gasteiger partial charge on any atom is 0.235 e. The summed E-state index contributed by atoms with van der Waals surface area (Å²) in [5.74, 6) is 2.04. The summed E-state index contributed by atoms with van der Waals surface area (Å²) in [5, 5.41) is 14.5. The fourth-order valence-corrected chi connectivity index (χ4v) is 7.22. The van der Waals surface area contributed by atoms with Crippen molar-refractivity contribution in [3.8, 4) is 5.75 Å². The van der Waals surface area contributed by atoms with Gasteiger partial charge in [-0.25, -0.2) is 4.98 Å². The number of carbonyl (C=O) groups is 2. The first kappa shape index (κ1) is 24.4. The summed E-state index contributed by atoms with van der Waals surface area (Å²) < 4.78 is 6.08. The van der Waals surface area contributed by atoms with Crippen LogP contribution in [-0.4, -0.2) is 64.7 Å². The van der Waals surface area contributed by atoms with Gasteiger partial charge in [0, 0.05) is 29.7 Å². The number of piperidine rings is 1. The van der Waals surface area contributed by atoms with E-state index < -0.39 is 11.0 Å². The zero-order valence-corrected chi connectivity index (χ0v) is 22.2. The number of fused-ring (bicyclic) bond motifs is 3. The molecule has 2 saturated carbocycles. The minimum Gasteiger partial charge on any atom is -0.491 e. The molecule has 5 aliphatic rings. The summed E-state index contributed by atoms with van der Waals surface area (Å²) in [6.07, 6.45) is 7.86. The Labute approximate surface area is 227 Å². The average Bonchev–Trinajstić information content (AvgIpc) is 3.71. The van der Waals surface area contributed by atoms with Crippen molar-refractivity contribution < 1.29 is 19.4 Å². The molecule has 0 bridgehead atoms. The van der Waals surface area contributed by atoms with Crippen molar-refractivity contribution >= 4 is 34.9 Å². The number of carbonyl (C=O) groups excluding carboxylic acids is 2. The number of hydrogen-bond acceptors (Lipinski definition) is 6. The topological polar surface area (TPSA) is 95.0 Å². The quantitative estimate of drug-likeness (QED) is 0.585. The smallest absolute Gasteiger partial charge is 0.235 e. The van der Waals surface area contributed by atoms with Crippen LogP contribution < -0.4 is 15.0 Å². The monoisotopic (exact) mass is 536 g/mol. The van der Waals surface area contributed by atoms with Crippen molar-refractivity contribution in [1.29, 1.82) is 0 Å². The Morgan fingerprint density at radius 1 is 1.13 bits per heavy atom. The molecule has 2 aromatic rings. The van der Waals surface area contributed by atoms with Crippen molar-refractivity contribution in [3.63, 3.8) is 0 Å². The SMILES string of the molecule is O=C1CCc2cc(OCCN3CCC4(CC3)C(=O)Nc3ccc(Cl)cc34)cnc2N1[C@H]1C[C@@](O)(C2CC2)C1. The Kier molecular flexibility index (Phi) is 5.73. The lowest BCUT2D eigenvalue weighted by atomic mass is 9.71. The van der Waals surface area contributed by atoms with Gasteiger partial charge >= 0.3 is 0 Å². The number of aliphatic hydroxyl groups is 1. The normalized spacial score (nSPS) is 28.1. The second kappa shape index (κ2) is 8.93. The van der Waals surface area contributed by atoms with Crippen molar-refractivity contribution in [1.82, 2.24) is 9.88 Å².